The van der Waals surface area contributed by atoms with E-state index in [9.17, 15) is 36.6 Å². The van der Waals surface area contributed by atoms with E-state index >= 15 is 0 Å². The molecule has 0 amide bonds. The number of aromatic hydroxyl groups is 2. The molecule has 0 aliphatic heterocycles. The van der Waals surface area contributed by atoms with Crippen molar-refractivity contribution >= 4 is 43.6 Å². The van der Waals surface area contributed by atoms with Crippen LogP contribution in [0.2, 0.25) is 0 Å². The van der Waals surface area contributed by atoms with E-state index in [1.54, 1.807) is 35.1 Å². The zero-order valence-corrected chi connectivity index (χ0v) is 27.9. The van der Waals surface area contributed by atoms with E-state index in [1.807, 2.05) is 60.7 Å². The quantitative estimate of drug-likeness (QED) is 0.175. The first kappa shape index (κ1) is 33.3. The smallest absolute Gasteiger partial charge is 0.416 e. The van der Waals surface area contributed by atoms with E-state index in [0.29, 0.717) is 43.7 Å². The molecule has 6 aromatic carbocycles. The Hall–Kier alpha value is -5.90. The molecule has 0 saturated carbocycles. The van der Waals surface area contributed by atoms with Crippen LogP contribution in [0.25, 0.3) is 54.7 Å². The normalized spacial score (nSPS) is 12.5. The number of phenols is 2. The van der Waals surface area contributed by atoms with E-state index in [1.165, 1.54) is 12.1 Å². The van der Waals surface area contributed by atoms with Gasteiger partial charge in [0.15, 0.2) is 0 Å². The first-order valence-electron chi connectivity index (χ1n) is 16.5. The molecule has 0 saturated heterocycles. The summed E-state index contributed by atoms with van der Waals surface area (Å²) in [6, 6.07) is 28.8. The maximum absolute atomic E-state index is 14.1. The molecule has 2 aromatic heterocycles. The van der Waals surface area contributed by atoms with Crippen LogP contribution < -0.4 is 0 Å². The van der Waals surface area contributed by atoms with Gasteiger partial charge < -0.3 is 19.3 Å². The molecule has 0 aliphatic rings. The number of hydrogen-bond acceptors (Lipinski definition) is 2. The highest BCUT2D eigenvalue weighted by atomic mass is 19.4. The van der Waals surface area contributed by atoms with Gasteiger partial charge in [-0.3, -0.25) is 0 Å². The summed E-state index contributed by atoms with van der Waals surface area (Å²) in [5.41, 5.74) is 2.28. The predicted molar refractivity (Wildman–Crippen MR) is 192 cm³/mol. The lowest BCUT2D eigenvalue weighted by molar-refractivity contribution is -0.138. The number of phenolic OH excluding ortho intramolecular Hbond substituents is 2. The molecule has 8 aromatic rings. The standard InChI is InChI=1S/C42H30F6N2O2/c1-23-17-31-29-15-13-27(41(43,44)45)19-33(29)49(21-25-9-5-3-6-10-25)37(31)35(39(23)51)36-38-32(18-24(2)40(36)52)30-16-14-28(42(46,47)48)20-34(30)50(38)22-26-11-7-4-8-12-26/h3-20,51-52H,21-22H2,1-2H3. The minimum absolute atomic E-state index is 0.120. The van der Waals surface area contributed by atoms with Crippen molar-refractivity contribution in [2.24, 2.45) is 0 Å². The van der Waals surface area contributed by atoms with Crippen LogP contribution >= 0.6 is 0 Å². The van der Waals surface area contributed by atoms with Crippen molar-refractivity contribution < 1.29 is 36.6 Å². The van der Waals surface area contributed by atoms with Gasteiger partial charge in [-0.05, 0) is 72.5 Å². The monoisotopic (exact) mass is 708 g/mol. The third-order valence-corrected chi connectivity index (χ3v) is 9.90. The van der Waals surface area contributed by atoms with E-state index in [2.05, 4.69) is 0 Å². The fourth-order valence-corrected chi connectivity index (χ4v) is 7.46. The maximum atomic E-state index is 14.1. The Morgan fingerprint density at radius 1 is 0.481 bits per heavy atom. The van der Waals surface area contributed by atoms with Crippen LogP contribution in [0.3, 0.4) is 0 Å². The SMILES string of the molecule is Cc1cc2c3ccc(C(F)(F)F)cc3n(Cc3ccccc3)c2c(-c2c(O)c(C)cc3c4ccc(C(F)(F)F)cc4n(Cc4ccccc4)c23)c1O. The summed E-state index contributed by atoms with van der Waals surface area (Å²) >= 11 is 0. The lowest BCUT2D eigenvalue weighted by atomic mass is 9.93. The van der Waals surface area contributed by atoms with Crippen molar-refractivity contribution in [3.63, 3.8) is 0 Å². The molecular formula is C42H30F6N2O2. The summed E-state index contributed by atoms with van der Waals surface area (Å²) in [4.78, 5) is 0. The summed E-state index contributed by atoms with van der Waals surface area (Å²) in [6.07, 6.45) is -9.25. The molecule has 4 nitrogen and oxygen atoms in total. The summed E-state index contributed by atoms with van der Waals surface area (Å²) < 4.78 is 88.3. The number of nitrogens with zero attached hydrogens (tertiary/aromatic N) is 2. The second-order valence-corrected chi connectivity index (χ2v) is 13.2. The van der Waals surface area contributed by atoms with Crippen molar-refractivity contribution in [2.75, 3.05) is 0 Å². The van der Waals surface area contributed by atoms with Gasteiger partial charge in [0.2, 0.25) is 0 Å². The van der Waals surface area contributed by atoms with Crippen molar-refractivity contribution in [3.8, 4) is 22.6 Å². The van der Waals surface area contributed by atoms with E-state index in [-0.39, 0.29) is 46.7 Å². The molecule has 0 radical (unpaired) electrons. The second-order valence-electron chi connectivity index (χ2n) is 13.2. The Kier molecular flexibility index (Phi) is 7.57. The zero-order valence-electron chi connectivity index (χ0n) is 27.9. The molecule has 0 unspecified atom stereocenters. The second kappa shape index (κ2) is 11.8. The predicted octanol–water partition coefficient (Wildman–Crippen LogP) is 11.7. The van der Waals surface area contributed by atoms with Crippen LogP contribution in [0.4, 0.5) is 26.3 Å². The Labute approximate surface area is 293 Å². The average molecular weight is 709 g/mol. The summed E-state index contributed by atoms with van der Waals surface area (Å²) in [7, 11) is 0. The fraction of sp³-hybridized carbons (Fsp3) is 0.143. The largest absolute Gasteiger partial charge is 0.507 e. The highest BCUT2D eigenvalue weighted by molar-refractivity contribution is 6.20. The first-order valence-corrected chi connectivity index (χ1v) is 16.5. The highest BCUT2D eigenvalue weighted by Crippen LogP contribution is 2.51. The summed E-state index contributed by atoms with van der Waals surface area (Å²) in [5, 5.41) is 26.2. The van der Waals surface area contributed by atoms with Gasteiger partial charge in [-0.25, -0.2) is 0 Å². The molecule has 0 bridgehead atoms. The number of aromatic nitrogens is 2. The Morgan fingerprint density at radius 3 is 1.19 bits per heavy atom. The molecule has 0 aliphatic carbocycles. The van der Waals surface area contributed by atoms with E-state index in [4.69, 9.17) is 0 Å². The van der Waals surface area contributed by atoms with Crippen molar-refractivity contribution in [1.82, 2.24) is 9.13 Å². The van der Waals surface area contributed by atoms with Crippen LogP contribution in [0, 0.1) is 13.8 Å². The van der Waals surface area contributed by atoms with Gasteiger partial charge in [0, 0.05) is 34.6 Å². The Morgan fingerprint density at radius 2 is 0.846 bits per heavy atom. The van der Waals surface area contributed by atoms with Crippen LogP contribution in [-0.4, -0.2) is 19.3 Å². The van der Waals surface area contributed by atoms with Crippen molar-refractivity contribution in [1.29, 1.82) is 0 Å². The first-order chi connectivity index (χ1) is 24.7. The van der Waals surface area contributed by atoms with Crippen LogP contribution in [0.5, 0.6) is 11.5 Å². The Balaban J connectivity index is 1.57. The third-order valence-electron chi connectivity index (χ3n) is 9.90. The molecule has 10 heteroatoms. The van der Waals surface area contributed by atoms with Gasteiger partial charge in [0.25, 0.3) is 0 Å². The molecular weight excluding hydrogens is 678 g/mol. The van der Waals surface area contributed by atoms with Crippen molar-refractivity contribution in [2.45, 2.75) is 39.3 Å². The highest BCUT2D eigenvalue weighted by Gasteiger charge is 2.34. The minimum atomic E-state index is -4.63. The Bertz CT molecular complexity index is 2500. The van der Waals surface area contributed by atoms with E-state index < -0.39 is 23.5 Å². The average Bonchev–Trinajstić information content (AvgIpc) is 3.57. The molecule has 0 spiro atoms. The molecule has 2 heterocycles. The van der Waals surface area contributed by atoms with E-state index in [0.717, 1.165) is 35.4 Å². The third kappa shape index (κ3) is 5.32. The van der Waals surface area contributed by atoms with Crippen LogP contribution in [0.15, 0.2) is 109 Å². The van der Waals surface area contributed by atoms with Gasteiger partial charge in [-0.1, -0.05) is 72.8 Å². The van der Waals surface area contributed by atoms with Gasteiger partial charge in [-0.2, -0.15) is 26.3 Å². The molecule has 0 atom stereocenters. The lowest BCUT2D eigenvalue weighted by Gasteiger charge is -2.19. The van der Waals surface area contributed by atoms with Crippen LogP contribution in [-0.2, 0) is 25.4 Å². The van der Waals surface area contributed by atoms with Crippen LogP contribution in [0.1, 0.15) is 33.4 Å². The molecule has 2 N–H and O–H groups in total. The topological polar surface area (TPSA) is 50.3 Å². The molecule has 0 fully saturated rings. The summed E-state index contributed by atoms with van der Waals surface area (Å²) in [6.45, 7) is 3.58. The number of rotatable bonds is 5. The fourth-order valence-electron chi connectivity index (χ4n) is 7.46. The van der Waals surface area contributed by atoms with Gasteiger partial charge in [-0.15, -0.1) is 0 Å². The molecule has 8 rings (SSSR count). The summed E-state index contributed by atoms with van der Waals surface area (Å²) in [5.74, 6) is -0.425. The van der Waals surface area contributed by atoms with Gasteiger partial charge in [0.05, 0.1) is 44.3 Å². The number of hydrogen-bond donors (Lipinski definition) is 2. The number of halogens is 6. The van der Waals surface area contributed by atoms with Gasteiger partial charge >= 0.3 is 12.4 Å². The lowest BCUT2D eigenvalue weighted by Crippen LogP contribution is -2.06. The number of aryl methyl sites for hydroxylation is 2. The molecule has 52 heavy (non-hydrogen) atoms. The van der Waals surface area contributed by atoms with Crippen molar-refractivity contribution in [3.05, 3.63) is 143 Å². The zero-order chi connectivity index (χ0) is 36.7. The van der Waals surface area contributed by atoms with Gasteiger partial charge in [0.1, 0.15) is 11.5 Å². The number of benzene rings is 6. The molecule has 262 valence electrons. The minimum Gasteiger partial charge on any atom is -0.507 e. The number of alkyl halides is 6. The number of fused-ring (bicyclic) bond motifs is 6. The maximum Gasteiger partial charge on any atom is 0.416 e.